The Morgan fingerprint density at radius 1 is 1.61 bits per heavy atom. The third-order valence-corrected chi connectivity index (χ3v) is 2.12. The summed E-state index contributed by atoms with van der Waals surface area (Å²) in [5, 5.41) is 13.8. The molecule has 0 aliphatic rings. The van der Waals surface area contributed by atoms with Gasteiger partial charge >= 0.3 is 11.7 Å². The molecule has 0 saturated carbocycles. The van der Waals surface area contributed by atoms with E-state index >= 15 is 0 Å². The van der Waals surface area contributed by atoms with Crippen LogP contribution in [0.25, 0.3) is 0 Å². The third-order valence-electron chi connectivity index (χ3n) is 1.88. The number of halogens is 1. The number of nitrogens with one attached hydrogen (secondary N) is 1. The molecule has 1 aromatic rings. The zero-order chi connectivity index (χ0) is 13.5. The van der Waals surface area contributed by atoms with Crippen molar-refractivity contribution in [1.29, 1.82) is 0 Å². The van der Waals surface area contributed by atoms with E-state index < -0.39 is 16.6 Å². The van der Waals surface area contributed by atoms with Crippen LogP contribution in [0.4, 0.5) is 5.69 Å². The van der Waals surface area contributed by atoms with Crippen LogP contribution in [-0.4, -0.2) is 17.5 Å². The van der Waals surface area contributed by atoms with Gasteiger partial charge < -0.3 is 10.1 Å². The Bertz CT molecular complexity index is 488. The second-order valence-corrected chi connectivity index (χ2v) is 3.60. The number of carbonyl (C=O) groups is 1. The summed E-state index contributed by atoms with van der Waals surface area (Å²) < 4.78 is 4.56. The first-order valence-electron chi connectivity index (χ1n) is 5.08. The van der Waals surface area contributed by atoms with Crippen LogP contribution in [-0.2, 0) is 9.53 Å². The van der Waals surface area contributed by atoms with Crippen LogP contribution in [0.2, 0.25) is 5.02 Å². The van der Waals surface area contributed by atoms with Gasteiger partial charge in [-0.15, -0.1) is 0 Å². The van der Waals surface area contributed by atoms with E-state index in [1.54, 1.807) is 31.2 Å². The molecule has 7 heteroatoms. The van der Waals surface area contributed by atoms with Gasteiger partial charge in [0.25, 0.3) is 0 Å². The van der Waals surface area contributed by atoms with E-state index in [1.807, 2.05) is 0 Å². The number of ether oxygens (including phenoxy) is 1. The molecule has 0 saturated heterocycles. The van der Waals surface area contributed by atoms with Gasteiger partial charge in [0.15, 0.2) is 0 Å². The quantitative estimate of drug-likeness (QED) is 0.385. The monoisotopic (exact) mass is 270 g/mol. The van der Waals surface area contributed by atoms with Crippen LogP contribution in [0.3, 0.4) is 0 Å². The molecule has 0 aliphatic heterocycles. The summed E-state index contributed by atoms with van der Waals surface area (Å²) in [6.45, 7) is 1.64. The van der Waals surface area contributed by atoms with E-state index in [2.05, 4.69) is 10.1 Å². The van der Waals surface area contributed by atoms with E-state index in [0.717, 1.165) is 6.20 Å². The van der Waals surface area contributed by atoms with Crippen LogP contribution < -0.4 is 5.32 Å². The minimum Gasteiger partial charge on any atom is -0.458 e. The van der Waals surface area contributed by atoms with Crippen molar-refractivity contribution in [1.82, 2.24) is 0 Å². The molecular formula is C11H11ClN2O4. The number of rotatable bonds is 5. The van der Waals surface area contributed by atoms with Crippen molar-refractivity contribution in [2.24, 2.45) is 0 Å². The van der Waals surface area contributed by atoms with Gasteiger partial charge in [-0.3, -0.25) is 10.1 Å². The molecular weight excluding hydrogens is 260 g/mol. The fourth-order valence-corrected chi connectivity index (χ4v) is 1.31. The summed E-state index contributed by atoms with van der Waals surface area (Å²) >= 11 is 5.75. The summed E-state index contributed by atoms with van der Waals surface area (Å²) in [7, 11) is 0. The number of benzene rings is 1. The zero-order valence-electron chi connectivity index (χ0n) is 9.55. The largest absolute Gasteiger partial charge is 0.458 e. The van der Waals surface area contributed by atoms with Crippen LogP contribution in [0.15, 0.2) is 36.2 Å². The van der Waals surface area contributed by atoms with Crippen molar-refractivity contribution in [2.75, 3.05) is 11.9 Å². The maximum atomic E-state index is 11.3. The molecule has 18 heavy (non-hydrogen) atoms. The summed E-state index contributed by atoms with van der Waals surface area (Å²) in [4.78, 5) is 21.1. The normalized spacial score (nSPS) is 10.9. The van der Waals surface area contributed by atoms with Gasteiger partial charge in [0.1, 0.15) is 0 Å². The second-order valence-electron chi connectivity index (χ2n) is 3.16. The first-order valence-corrected chi connectivity index (χ1v) is 5.46. The fraction of sp³-hybridized carbons (Fsp3) is 0.182. The Morgan fingerprint density at radius 2 is 2.33 bits per heavy atom. The lowest BCUT2D eigenvalue weighted by molar-refractivity contribution is -0.421. The highest BCUT2D eigenvalue weighted by Crippen LogP contribution is 2.15. The highest BCUT2D eigenvalue weighted by molar-refractivity contribution is 6.30. The highest BCUT2D eigenvalue weighted by Gasteiger charge is 2.23. The molecule has 0 atom stereocenters. The van der Waals surface area contributed by atoms with Crippen molar-refractivity contribution in [3.8, 4) is 0 Å². The molecule has 1 N–H and O–H groups in total. The molecule has 0 amide bonds. The number of anilines is 1. The minimum atomic E-state index is -0.989. The summed E-state index contributed by atoms with van der Waals surface area (Å²) in [5.41, 5.74) is -0.136. The lowest BCUT2D eigenvalue weighted by Gasteiger charge is -2.02. The zero-order valence-corrected chi connectivity index (χ0v) is 10.3. The first kappa shape index (κ1) is 14.0. The van der Waals surface area contributed by atoms with Gasteiger partial charge in [0.05, 0.1) is 17.7 Å². The Balaban J connectivity index is 2.84. The minimum absolute atomic E-state index is 0.0706. The van der Waals surface area contributed by atoms with Crippen molar-refractivity contribution in [2.45, 2.75) is 6.92 Å². The molecule has 0 aliphatic carbocycles. The maximum Gasteiger partial charge on any atom is 0.411 e. The van der Waals surface area contributed by atoms with Crippen molar-refractivity contribution in [3.63, 3.8) is 0 Å². The number of hydrogen-bond donors (Lipinski definition) is 1. The molecule has 1 rings (SSSR count). The predicted octanol–water partition coefficient (Wildman–Crippen LogP) is 2.43. The van der Waals surface area contributed by atoms with Gasteiger partial charge in [-0.05, 0) is 25.1 Å². The number of nitro groups is 1. The summed E-state index contributed by atoms with van der Waals surface area (Å²) in [5.74, 6) is -0.989. The van der Waals surface area contributed by atoms with Gasteiger partial charge in [0, 0.05) is 10.7 Å². The van der Waals surface area contributed by atoms with Crippen LogP contribution in [0.1, 0.15) is 6.92 Å². The van der Waals surface area contributed by atoms with Crippen LogP contribution >= 0.6 is 11.6 Å². The number of hydrogen-bond acceptors (Lipinski definition) is 5. The van der Waals surface area contributed by atoms with Crippen molar-refractivity contribution >= 4 is 23.3 Å². The molecule has 96 valence electrons. The average Bonchev–Trinajstić information content (AvgIpc) is 2.29. The molecule has 0 heterocycles. The number of esters is 1. The molecule has 0 aromatic heterocycles. The summed E-state index contributed by atoms with van der Waals surface area (Å²) in [6.07, 6.45) is 0.976. The fourth-order valence-electron chi connectivity index (χ4n) is 1.12. The topological polar surface area (TPSA) is 81.5 Å². The molecule has 0 bridgehead atoms. The Labute approximate surface area is 108 Å². The predicted molar refractivity (Wildman–Crippen MR) is 66.8 cm³/mol. The molecule has 1 aromatic carbocycles. The Morgan fingerprint density at radius 3 is 2.89 bits per heavy atom. The Hall–Kier alpha value is -2.08. The maximum absolute atomic E-state index is 11.3. The Kier molecular flexibility index (Phi) is 5.13. The lowest BCUT2D eigenvalue weighted by atomic mass is 10.3. The van der Waals surface area contributed by atoms with Gasteiger partial charge in [-0.1, -0.05) is 17.7 Å². The number of nitrogens with zero attached hydrogens (tertiary/aromatic N) is 1. The molecule has 0 spiro atoms. The molecule has 0 fully saturated rings. The van der Waals surface area contributed by atoms with E-state index in [4.69, 9.17) is 11.6 Å². The van der Waals surface area contributed by atoms with E-state index in [1.165, 1.54) is 0 Å². The highest BCUT2D eigenvalue weighted by atomic mass is 35.5. The average molecular weight is 271 g/mol. The summed E-state index contributed by atoms with van der Waals surface area (Å²) in [6, 6.07) is 6.57. The van der Waals surface area contributed by atoms with Crippen molar-refractivity contribution < 1.29 is 14.5 Å². The van der Waals surface area contributed by atoms with Gasteiger partial charge in [-0.2, -0.15) is 0 Å². The van der Waals surface area contributed by atoms with E-state index in [0.29, 0.717) is 10.7 Å². The molecule has 6 nitrogen and oxygen atoms in total. The van der Waals surface area contributed by atoms with Gasteiger partial charge in [-0.25, -0.2) is 4.79 Å². The van der Waals surface area contributed by atoms with Crippen molar-refractivity contribution in [3.05, 3.63) is 51.3 Å². The van der Waals surface area contributed by atoms with Crippen LogP contribution in [0, 0.1) is 10.1 Å². The SMILES string of the molecule is CCOC(=O)/C(=C\Nc1cccc(Cl)c1)[N+](=O)[O-]. The molecule has 0 unspecified atom stereocenters. The first-order chi connectivity index (χ1) is 8.54. The lowest BCUT2D eigenvalue weighted by Crippen LogP contribution is -2.16. The molecule has 0 radical (unpaired) electrons. The van der Waals surface area contributed by atoms with Crippen LogP contribution in [0.5, 0.6) is 0 Å². The van der Waals surface area contributed by atoms with E-state index in [-0.39, 0.29) is 6.61 Å². The standard InChI is InChI=1S/C11H11ClN2O4/c1-2-18-11(15)10(14(16)17)7-13-9-5-3-4-8(12)6-9/h3-7,13H,2H2,1H3/b10-7+. The smallest absolute Gasteiger partial charge is 0.411 e. The van der Waals surface area contributed by atoms with E-state index in [9.17, 15) is 14.9 Å². The third kappa shape index (κ3) is 4.06. The van der Waals surface area contributed by atoms with Gasteiger partial charge in [0.2, 0.25) is 0 Å². The second kappa shape index (κ2) is 6.61. The number of carbonyl (C=O) groups excluding carboxylic acids is 1.